The van der Waals surface area contributed by atoms with Crippen molar-refractivity contribution >= 4 is 5.97 Å². The van der Waals surface area contributed by atoms with Crippen molar-refractivity contribution < 1.29 is 19.7 Å². The number of ether oxygens (including phenoxy) is 1. The minimum absolute atomic E-state index is 0.335. The van der Waals surface area contributed by atoms with Crippen LogP contribution in [0.2, 0.25) is 0 Å². The van der Waals surface area contributed by atoms with Crippen LogP contribution in [0.5, 0.6) is 5.75 Å². The molecule has 18 heavy (non-hydrogen) atoms. The van der Waals surface area contributed by atoms with Gasteiger partial charge in [0.15, 0.2) is 6.10 Å². The summed E-state index contributed by atoms with van der Waals surface area (Å²) < 4.78 is 5.64. The molecule has 1 atom stereocenters. The zero-order valence-electron chi connectivity index (χ0n) is 10.4. The van der Waals surface area contributed by atoms with Crippen molar-refractivity contribution in [2.75, 3.05) is 6.61 Å². The summed E-state index contributed by atoms with van der Waals surface area (Å²) in [6, 6.07) is 5.25. The molecule has 1 fully saturated rings. The molecule has 0 amide bonds. The Kier molecular flexibility index (Phi) is 3.87. The maximum atomic E-state index is 10.9. The van der Waals surface area contributed by atoms with E-state index in [0.29, 0.717) is 23.8 Å². The van der Waals surface area contributed by atoms with Crippen molar-refractivity contribution in [2.24, 2.45) is 5.92 Å². The van der Waals surface area contributed by atoms with Crippen LogP contribution in [0.1, 0.15) is 36.5 Å². The van der Waals surface area contributed by atoms with Gasteiger partial charge in [-0.15, -0.1) is 0 Å². The molecule has 0 bridgehead atoms. The van der Waals surface area contributed by atoms with Gasteiger partial charge < -0.3 is 14.9 Å². The number of benzene rings is 1. The molecular formula is C14H18O4. The molecule has 1 aromatic rings. The van der Waals surface area contributed by atoms with E-state index in [2.05, 4.69) is 0 Å². The Morgan fingerprint density at radius 2 is 2.22 bits per heavy atom. The predicted molar refractivity (Wildman–Crippen MR) is 66.6 cm³/mol. The van der Waals surface area contributed by atoms with Crippen molar-refractivity contribution in [3.63, 3.8) is 0 Å². The first kappa shape index (κ1) is 12.9. The van der Waals surface area contributed by atoms with E-state index in [-0.39, 0.29) is 0 Å². The Labute approximate surface area is 106 Å². The number of carboxylic acid groups (broad SMARTS) is 1. The molecule has 1 aliphatic rings. The van der Waals surface area contributed by atoms with E-state index in [4.69, 9.17) is 9.84 Å². The highest BCUT2D eigenvalue weighted by Crippen LogP contribution is 2.30. The molecule has 0 radical (unpaired) electrons. The van der Waals surface area contributed by atoms with Crippen LogP contribution in [0.3, 0.4) is 0 Å². The first-order valence-electron chi connectivity index (χ1n) is 6.22. The van der Waals surface area contributed by atoms with Crippen LogP contribution in [0.4, 0.5) is 0 Å². The van der Waals surface area contributed by atoms with E-state index < -0.39 is 12.1 Å². The number of rotatable bonds is 5. The van der Waals surface area contributed by atoms with Crippen LogP contribution < -0.4 is 4.74 Å². The van der Waals surface area contributed by atoms with Gasteiger partial charge in [-0.2, -0.15) is 0 Å². The smallest absolute Gasteiger partial charge is 0.337 e. The number of hydrogen-bond donors (Lipinski definition) is 2. The molecule has 1 aliphatic carbocycles. The summed E-state index contributed by atoms with van der Waals surface area (Å²) in [7, 11) is 0. The van der Waals surface area contributed by atoms with Gasteiger partial charge in [0, 0.05) is 5.56 Å². The summed E-state index contributed by atoms with van der Waals surface area (Å²) in [6.07, 6.45) is 2.05. The number of carboxylic acids is 1. The maximum Gasteiger partial charge on any atom is 0.337 e. The van der Waals surface area contributed by atoms with Crippen LogP contribution in [0.25, 0.3) is 0 Å². The maximum absolute atomic E-state index is 10.9. The third-order valence-corrected chi connectivity index (χ3v) is 3.39. The van der Waals surface area contributed by atoms with Crippen molar-refractivity contribution in [1.29, 1.82) is 0 Å². The molecule has 0 aromatic heterocycles. The molecule has 0 saturated heterocycles. The molecule has 0 spiro atoms. The van der Waals surface area contributed by atoms with Crippen molar-refractivity contribution in [3.8, 4) is 5.75 Å². The minimum atomic E-state index is -1.53. The molecule has 2 N–H and O–H groups in total. The normalized spacial score (nSPS) is 17.0. The van der Waals surface area contributed by atoms with Crippen LogP contribution in [0, 0.1) is 12.8 Å². The van der Waals surface area contributed by atoms with Gasteiger partial charge in [0.25, 0.3) is 0 Å². The van der Waals surface area contributed by atoms with E-state index in [1.165, 1.54) is 19.3 Å². The first-order chi connectivity index (χ1) is 8.58. The molecule has 98 valence electrons. The molecule has 0 heterocycles. The number of hydrogen-bond acceptors (Lipinski definition) is 3. The van der Waals surface area contributed by atoms with Gasteiger partial charge in [-0.25, -0.2) is 4.79 Å². The second-order valence-corrected chi connectivity index (χ2v) is 4.89. The summed E-state index contributed by atoms with van der Waals surface area (Å²) in [5.74, 6) is -0.211. The first-order valence-corrected chi connectivity index (χ1v) is 6.22. The Morgan fingerprint density at radius 1 is 1.50 bits per heavy atom. The zero-order valence-corrected chi connectivity index (χ0v) is 10.4. The summed E-state index contributed by atoms with van der Waals surface area (Å²) in [5, 5.41) is 18.5. The van der Waals surface area contributed by atoms with Gasteiger partial charge in [0.05, 0.1) is 6.61 Å². The molecule has 4 heteroatoms. The topological polar surface area (TPSA) is 66.8 Å². The fourth-order valence-corrected chi connectivity index (χ4v) is 2.01. The van der Waals surface area contributed by atoms with Gasteiger partial charge in [-0.1, -0.05) is 18.1 Å². The lowest BCUT2D eigenvalue weighted by atomic mass is 9.86. The van der Waals surface area contributed by atoms with Crippen molar-refractivity contribution in [3.05, 3.63) is 29.3 Å². The summed E-state index contributed by atoms with van der Waals surface area (Å²) in [4.78, 5) is 10.9. The predicted octanol–water partition coefficient (Wildman–Crippen LogP) is 2.29. The van der Waals surface area contributed by atoms with E-state index in [9.17, 15) is 9.90 Å². The van der Waals surface area contributed by atoms with Crippen LogP contribution >= 0.6 is 0 Å². The number of aliphatic hydroxyl groups is 1. The SMILES string of the molecule is Cc1ccc(OCC2CCC2)c(C(O)C(=O)O)c1. The molecular weight excluding hydrogens is 232 g/mol. The summed E-state index contributed by atoms with van der Waals surface area (Å²) in [6.45, 7) is 2.45. The van der Waals surface area contributed by atoms with Gasteiger partial charge in [0.1, 0.15) is 5.75 Å². The lowest BCUT2D eigenvalue weighted by Gasteiger charge is -2.26. The lowest BCUT2D eigenvalue weighted by molar-refractivity contribution is -0.147. The quantitative estimate of drug-likeness (QED) is 0.841. The Hall–Kier alpha value is -1.55. The number of aliphatic carboxylic acids is 1. The average Bonchev–Trinajstić information content (AvgIpc) is 2.27. The fraction of sp³-hybridized carbons (Fsp3) is 0.500. The standard InChI is InChI=1S/C14H18O4/c1-9-5-6-12(18-8-10-3-2-4-10)11(7-9)13(15)14(16)17/h5-7,10,13,15H,2-4,8H2,1H3,(H,16,17). The van der Waals surface area contributed by atoms with Crippen LogP contribution in [-0.2, 0) is 4.79 Å². The van der Waals surface area contributed by atoms with Crippen LogP contribution in [0.15, 0.2) is 18.2 Å². The number of aliphatic hydroxyl groups excluding tert-OH is 1. The fourth-order valence-electron chi connectivity index (χ4n) is 2.01. The van der Waals surface area contributed by atoms with Gasteiger partial charge in [0.2, 0.25) is 0 Å². The molecule has 0 aliphatic heterocycles. The number of aryl methyl sites for hydroxylation is 1. The van der Waals surface area contributed by atoms with Gasteiger partial charge in [-0.05, 0) is 37.8 Å². The minimum Gasteiger partial charge on any atom is -0.493 e. The van der Waals surface area contributed by atoms with Gasteiger partial charge in [-0.3, -0.25) is 0 Å². The Morgan fingerprint density at radius 3 is 2.78 bits per heavy atom. The van der Waals surface area contributed by atoms with Crippen molar-refractivity contribution in [2.45, 2.75) is 32.3 Å². The number of carbonyl (C=O) groups is 1. The molecule has 2 rings (SSSR count). The van der Waals surface area contributed by atoms with Crippen molar-refractivity contribution in [1.82, 2.24) is 0 Å². The molecule has 1 aromatic carbocycles. The van der Waals surface area contributed by atoms with E-state index in [1.807, 2.05) is 13.0 Å². The zero-order chi connectivity index (χ0) is 13.1. The molecule has 1 unspecified atom stereocenters. The Balaban J connectivity index is 2.13. The average molecular weight is 250 g/mol. The monoisotopic (exact) mass is 250 g/mol. The molecule has 1 saturated carbocycles. The van der Waals surface area contributed by atoms with E-state index in [0.717, 1.165) is 5.56 Å². The van der Waals surface area contributed by atoms with Crippen LogP contribution in [-0.4, -0.2) is 22.8 Å². The highest BCUT2D eigenvalue weighted by atomic mass is 16.5. The highest BCUT2D eigenvalue weighted by molar-refractivity contribution is 5.75. The van der Waals surface area contributed by atoms with E-state index in [1.54, 1.807) is 12.1 Å². The largest absolute Gasteiger partial charge is 0.493 e. The van der Waals surface area contributed by atoms with E-state index >= 15 is 0 Å². The second kappa shape index (κ2) is 5.40. The Bertz CT molecular complexity index is 437. The lowest BCUT2D eigenvalue weighted by Crippen LogP contribution is -2.20. The third kappa shape index (κ3) is 2.82. The highest BCUT2D eigenvalue weighted by Gasteiger charge is 2.23. The second-order valence-electron chi connectivity index (χ2n) is 4.89. The molecule has 4 nitrogen and oxygen atoms in total. The summed E-state index contributed by atoms with van der Waals surface area (Å²) in [5.41, 5.74) is 1.24. The summed E-state index contributed by atoms with van der Waals surface area (Å²) >= 11 is 0. The third-order valence-electron chi connectivity index (χ3n) is 3.39. The van der Waals surface area contributed by atoms with Gasteiger partial charge >= 0.3 is 5.97 Å².